The summed E-state index contributed by atoms with van der Waals surface area (Å²) in [6, 6.07) is 27.1. The van der Waals surface area contributed by atoms with Crippen LogP contribution in [0.1, 0.15) is 35.1 Å². The molecule has 3 aromatic carbocycles. The van der Waals surface area contributed by atoms with Gasteiger partial charge in [-0.25, -0.2) is 4.79 Å². The number of rotatable bonds is 10. The van der Waals surface area contributed by atoms with Gasteiger partial charge in [-0.3, -0.25) is 0 Å². The van der Waals surface area contributed by atoms with E-state index in [9.17, 15) is 4.79 Å². The molecular weight excluding hydrogens is 408 g/mol. The predicted molar refractivity (Wildman–Crippen MR) is 135 cm³/mol. The topological polar surface area (TPSA) is 50.4 Å². The molecule has 170 valence electrons. The predicted octanol–water partition coefficient (Wildman–Crippen LogP) is 6.03. The fourth-order valence-corrected chi connectivity index (χ4v) is 4.13. The van der Waals surface area contributed by atoms with Crippen molar-refractivity contribution >= 4 is 17.9 Å². The van der Waals surface area contributed by atoms with Crippen LogP contribution in [0.4, 0.5) is 10.5 Å². The van der Waals surface area contributed by atoms with E-state index in [0.29, 0.717) is 6.54 Å². The molecule has 1 aliphatic rings. The second-order valence-corrected chi connectivity index (χ2v) is 8.46. The summed E-state index contributed by atoms with van der Waals surface area (Å²) in [5, 5.41) is 6.31. The van der Waals surface area contributed by atoms with Crippen LogP contribution in [0.5, 0.6) is 0 Å². The van der Waals surface area contributed by atoms with Crippen LogP contribution in [-0.2, 0) is 24.0 Å². The van der Waals surface area contributed by atoms with Crippen LogP contribution in [0, 0.1) is 0 Å². The first-order valence-electron chi connectivity index (χ1n) is 11.8. The summed E-state index contributed by atoms with van der Waals surface area (Å²) in [5.41, 5.74) is 6.13. The van der Waals surface area contributed by atoms with Gasteiger partial charge in [-0.2, -0.15) is 0 Å². The van der Waals surface area contributed by atoms with Gasteiger partial charge in [-0.1, -0.05) is 78.9 Å². The summed E-state index contributed by atoms with van der Waals surface area (Å²) < 4.78 is 5.87. The van der Waals surface area contributed by atoms with Crippen LogP contribution in [0.25, 0.3) is 6.08 Å². The van der Waals surface area contributed by atoms with E-state index in [0.717, 1.165) is 38.6 Å². The molecule has 2 N–H and O–H groups in total. The van der Waals surface area contributed by atoms with Crippen molar-refractivity contribution in [3.63, 3.8) is 0 Å². The van der Waals surface area contributed by atoms with Gasteiger partial charge in [0.05, 0.1) is 0 Å². The zero-order valence-electron chi connectivity index (χ0n) is 19.0. The minimum atomic E-state index is -0.332. The molecule has 33 heavy (non-hydrogen) atoms. The molecule has 4 nitrogen and oxygen atoms in total. The summed E-state index contributed by atoms with van der Waals surface area (Å²) in [4.78, 5) is 12.5. The van der Waals surface area contributed by atoms with Gasteiger partial charge in [0.15, 0.2) is 0 Å². The summed E-state index contributed by atoms with van der Waals surface area (Å²) in [5.74, 6) is 0. The molecule has 0 fully saturated rings. The number of alkyl carbamates (subject to hydrolysis) is 1. The molecule has 1 heterocycles. The van der Waals surface area contributed by atoms with Crippen molar-refractivity contribution in [1.82, 2.24) is 5.32 Å². The lowest BCUT2D eigenvalue weighted by Gasteiger charge is -2.19. The summed E-state index contributed by atoms with van der Waals surface area (Å²) in [6.45, 7) is 1.44. The van der Waals surface area contributed by atoms with E-state index in [2.05, 4.69) is 77.4 Å². The summed E-state index contributed by atoms with van der Waals surface area (Å²) >= 11 is 0. The minimum absolute atomic E-state index is 0.133. The van der Waals surface area contributed by atoms with E-state index >= 15 is 0 Å². The Morgan fingerprint density at radius 3 is 2.24 bits per heavy atom. The Morgan fingerprint density at radius 2 is 1.52 bits per heavy atom. The van der Waals surface area contributed by atoms with Crippen molar-refractivity contribution in [3.05, 3.63) is 107 Å². The number of hydrogen-bond donors (Lipinski definition) is 2. The van der Waals surface area contributed by atoms with E-state index in [1.165, 1.54) is 27.9 Å². The average Bonchev–Trinajstić information content (AvgIpc) is 2.87. The van der Waals surface area contributed by atoms with Gasteiger partial charge in [0, 0.05) is 18.8 Å². The zero-order valence-corrected chi connectivity index (χ0v) is 19.0. The number of carbonyl (C=O) groups excluding carboxylic acids is 1. The third kappa shape index (κ3) is 7.25. The smallest absolute Gasteiger partial charge is 0.407 e. The van der Waals surface area contributed by atoms with Gasteiger partial charge in [-0.05, 0) is 66.5 Å². The van der Waals surface area contributed by atoms with E-state index in [1.54, 1.807) is 0 Å². The molecule has 0 aliphatic carbocycles. The van der Waals surface area contributed by atoms with Crippen LogP contribution >= 0.6 is 0 Å². The Labute approximate surface area is 196 Å². The molecule has 1 atom stereocenters. The summed E-state index contributed by atoms with van der Waals surface area (Å²) in [6.07, 6.45) is 8.00. The monoisotopic (exact) mass is 440 g/mol. The van der Waals surface area contributed by atoms with E-state index in [4.69, 9.17) is 4.74 Å². The number of hydrogen-bond acceptors (Lipinski definition) is 3. The van der Waals surface area contributed by atoms with Crippen LogP contribution < -0.4 is 10.6 Å². The Kier molecular flexibility index (Phi) is 8.18. The second-order valence-electron chi connectivity index (χ2n) is 8.46. The first-order valence-corrected chi connectivity index (χ1v) is 11.8. The highest BCUT2D eigenvalue weighted by molar-refractivity contribution is 5.70. The van der Waals surface area contributed by atoms with Crippen molar-refractivity contribution in [2.24, 2.45) is 0 Å². The Bertz CT molecular complexity index is 1050. The number of aryl methyl sites for hydroxylation is 2. The molecule has 4 rings (SSSR count). The van der Waals surface area contributed by atoms with Gasteiger partial charge in [-0.15, -0.1) is 0 Å². The molecule has 0 bridgehead atoms. The van der Waals surface area contributed by atoms with Crippen LogP contribution in [0.2, 0.25) is 0 Å². The normalized spacial score (nSPS) is 13.0. The van der Waals surface area contributed by atoms with E-state index in [-0.39, 0.29) is 12.2 Å². The van der Waals surface area contributed by atoms with Gasteiger partial charge in [0.2, 0.25) is 0 Å². The van der Waals surface area contributed by atoms with Crippen LogP contribution in [-0.4, -0.2) is 25.3 Å². The van der Waals surface area contributed by atoms with Gasteiger partial charge in [0.1, 0.15) is 6.10 Å². The maximum absolute atomic E-state index is 12.5. The molecule has 1 unspecified atom stereocenters. The molecule has 0 radical (unpaired) electrons. The highest BCUT2D eigenvalue weighted by atomic mass is 16.6. The highest BCUT2D eigenvalue weighted by Gasteiger charge is 2.15. The molecule has 1 aliphatic heterocycles. The molecule has 3 aromatic rings. The Morgan fingerprint density at radius 1 is 0.848 bits per heavy atom. The molecule has 0 spiro atoms. The number of amides is 1. The maximum atomic E-state index is 12.5. The van der Waals surface area contributed by atoms with E-state index < -0.39 is 0 Å². The largest absolute Gasteiger partial charge is 0.446 e. The molecule has 1 amide bonds. The number of anilines is 1. The zero-order chi connectivity index (χ0) is 22.7. The molecule has 0 saturated heterocycles. The standard InChI is InChI=1S/C29H32N2O2/c32-29(31-21-19-24-10-5-2-6-11-24)33-27(16-13-23-8-3-1-4-9-23)17-14-25-15-18-28-26(22-25)12-7-20-30-28/h1-12,15,18,22,27,30H,13-14,16-17,19-21H2,(H,31,32). The van der Waals surface area contributed by atoms with Crippen molar-refractivity contribution in [2.45, 2.75) is 38.2 Å². The lowest BCUT2D eigenvalue weighted by Crippen LogP contribution is -2.31. The molecule has 0 aromatic heterocycles. The van der Waals surface area contributed by atoms with Gasteiger partial charge >= 0.3 is 6.09 Å². The second kappa shape index (κ2) is 11.9. The highest BCUT2D eigenvalue weighted by Crippen LogP contribution is 2.23. The first-order chi connectivity index (χ1) is 16.3. The fraction of sp³-hybridized carbons (Fsp3) is 0.276. The van der Waals surface area contributed by atoms with Crippen LogP contribution in [0.3, 0.4) is 0 Å². The molecule has 0 saturated carbocycles. The third-order valence-electron chi connectivity index (χ3n) is 5.98. The number of benzene rings is 3. The number of fused-ring (bicyclic) bond motifs is 1. The third-order valence-corrected chi connectivity index (χ3v) is 5.98. The Hall–Kier alpha value is -3.53. The minimum Gasteiger partial charge on any atom is -0.446 e. The lowest BCUT2D eigenvalue weighted by atomic mass is 9.98. The van der Waals surface area contributed by atoms with Crippen molar-refractivity contribution in [3.8, 4) is 0 Å². The van der Waals surface area contributed by atoms with Crippen molar-refractivity contribution in [1.29, 1.82) is 0 Å². The van der Waals surface area contributed by atoms with Gasteiger partial charge in [0.25, 0.3) is 0 Å². The average molecular weight is 441 g/mol. The number of ether oxygens (including phenoxy) is 1. The van der Waals surface area contributed by atoms with Crippen molar-refractivity contribution < 1.29 is 9.53 Å². The molecule has 4 heteroatoms. The van der Waals surface area contributed by atoms with Crippen LogP contribution in [0.15, 0.2) is 84.9 Å². The lowest BCUT2D eigenvalue weighted by molar-refractivity contribution is 0.0879. The first kappa shape index (κ1) is 22.7. The Balaban J connectivity index is 1.32. The van der Waals surface area contributed by atoms with Crippen molar-refractivity contribution in [2.75, 3.05) is 18.4 Å². The summed E-state index contributed by atoms with van der Waals surface area (Å²) in [7, 11) is 0. The number of nitrogens with one attached hydrogen (secondary N) is 2. The number of carbonyl (C=O) groups is 1. The fourth-order valence-electron chi connectivity index (χ4n) is 4.13. The van der Waals surface area contributed by atoms with E-state index in [1.807, 2.05) is 24.3 Å². The quantitative estimate of drug-likeness (QED) is 0.405. The molecular formula is C29H32N2O2. The SMILES string of the molecule is O=C(NCCc1ccccc1)OC(CCc1ccccc1)CCc1ccc2c(c1)C=CCN2. The maximum Gasteiger partial charge on any atom is 0.407 e. The van der Waals surface area contributed by atoms with Gasteiger partial charge < -0.3 is 15.4 Å².